The zero-order chi connectivity index (χ0) is 5.98. The third-order valence-electron chi connectivity index (χ3n) is 1.26. The quantitative estimate of drug-likeness (QED) is 0.503. The van der Waals surface area contributed by atoms with Crippen LogP contribution in [0.1, 0.15) is 5.56 Å². The summed E-state index contributed by atoms with van der Waals surface area (Å²) in [6.45, 7) is 2.15. The normalized spacial score (nSPS) is 8.33. The summed E-state index contributed by atoms with van der Waals surface area (Å²) in [6, 6.07) is 8.49. The molecule has 0 aliphatic carbocycles. The van der Waals surface area contributed by atoms with Crippen LogP contribution < -0.4 is 4.16 Å². The van der Waals surface area contributed by atoms with Gasteiger partial charge in [0, 0.05) is 0 Å². The van der Waals surface area contributed by atoms with Gasteiger partial charge in [0.05, 0.1) is 0 Å². The monoisotopic (exact) mass is 283 g/mol. The Morgan fingerprint density at radius 3 is 2.11 bits per heavy atom. The van der Waals surface area contributed by atoms with Crippen LogP contribution in [0.15, 0.2) is 24.3 Å². The van der Waals surface area contributed by atoms with Gasteiger partial charge in [0.2, 0.25) is 0 Å². The van der Waals surface area contributed by atoms with Crippen LogP contribution in [0, 0.1) is 6.92 Å². The molecule has 0 N–H and O–H groups in total. The molecule has 1 aromatic carbocycles. The molecule has 1 rings (SSSR count). The first kappa shape index (κ1) is 9.57. The fraction of sp³-hybridized carbons (Fsp3) is 0.143. The van der Waals surface area contributed by atoms with E-state index in [0.717, 1.165) is 0 Å². The van der Waals surface area contributed by atoms with Crippen molar-refractivity contribution in [1.82, 2.24) is 0 Å². The third kappa shape index (κ3) is 2.77. The molecular formula is C7H8IZn. The van der Waals surface area contributed by atoms with Crippen molar-refractivity contribution in [3.8, 4) is 0 Å². The van der Waals surface area contributed by atoms with Crippen LogP contribution in [-0.4, -0.2) is 0 Å². The van der Waals surface area contributed by atoms with E-state index in [1.54, 1.807) is 0 Å². The summed E-state index contributed by atoms with van der Waals surface area (Å²) < 4.78 is 1.49. The second kappa shape index (κ2) is 4.40. The summed E-state index contributed by atoms with van der Waals surface area (Å²) in [4.78, 5) is 0. The maximum Gasteiger partial charge on any atom is -0.107 e. The van der Waals surface area contributed by atoms with E-state index in [-0.39, 0.29) is 24.0 Å². The molecule has 0 heterocycles. The van der Waals surface area contributed by atoms with Gasteiger partial charge in [-0.3, -0.25) is 0 Å². The van der Waals surface area contributed by atoms with Crippen molar-refractivity contribution < 1.29 is 18.3 Å². The van der Waals surface area contributed by atoms with E-state index in [2.05, 4.69) is 31.2 Å². The molecule has 0 bridgehead atoms. The summed E-state index contributed by atoms with van der Waals surface area (Å²) in [6.07, 6.45) is 0. The van der Waals surface area contributed by atoms with Gasteiger partial charge in [-0.15, -0.1) is 24.0 Å². The number of rotatable bonds is 0. The fourth-order valence-electron chi connectivity index (χ4n) is 0.610. The van der Waals surface area contributed by atoms with Crippen molar-refractivity contribution in [2.24, 2.45) is 0 Å². The number of hydrogen-bond donors (Lipinski definition) is 0. The molecular weight excluding hydrogens is 276 g/mol. The molecule has 0 atom stereocenters. The number of halogens is 1. The van der Waals surface area contributed by atoms with Gasteiger partial charge in [-0.2, -0.15) is 0 Å². The average molecular weight is 284 g/mol. The first-order valence-corrected chi connectivity index (χ1v) is 4.16. The van der Waals surface area contributed by atoms with Gasteiger partial charge in [-0.25, -0.2) is 0 Å². The Kier molecular flexibility index (Phi) is 4.68. The molecule has 0 aliphatic rings. The van der Waals surface area contributed by atoms with E-state index >= 15 is 0 Å². The first-order valence-electron chi connectivity index (χ1n) is 2.68. The summed E-state index contributed by atoms with van der Waals surface area (Å²) in [5.74, 6) is 0. The van der Waals surface area contributed by atoms with Crippen LogP contribution in [0.2, 0.25) is 0 Å². The zero-order valence-electron chi connectivity index (χ0n) is 5.42. The SMILES string of the molecule is Cc1cccc[c]1[Zn].I. The average Bonchev–Trinajstić information content (AvgIpc) is 1.77. The molecule has 9 heavy (non-hydrogen) atoms. The largest absolute Gasteiger partial charge is 0.107 e. The minimum absolute atomic E-state index is 0. The minimum atomic E-state index is 0. The van der Waals surface area contributed by atoms with E-state index < -0.39 is 0 Å². The van der Waals surface area contributed by atoms with E-state index in [1.165, 1.54) is 28.0 Å². The summed E-state index contributed by atoms with van der Waals surface area (Å²) in [5.41, 5.74) is 1.42. The predicted molar refractivity (Wildman–Crippen MR) is 46.2 cm³/mol. The molecule has 0 spiro atoms. The predicted octanol–water partition coefficient (Wildman–Crippen LogP) is 1.79. The second-order valence-corrected chi connectivity index (χ2v) is 3.52. The van der Waals surface area contributed by atoms with Crippen LogP contribution in [0.3, 0.4) is 0 Å². The number of hydrogen-bond acceptors (Lipinski definition) is 0. The summed E-state index contributed by atoms with van der Waals surface area (Å²) >= 11 is 1.27. The third-order valence-corrected chi connectivity index (χ3v) is 2.93. The standard InChI is InChI=1S/C7H7.HI.Zn/c1-7-5-3-2-4-6-7;;/h2-5H,1H3;1H;. The van der Waals surface area contributed by atoms with E-state index in [0.29, 0.717) is 0 Å². The Morgan fingerprint density at radius 1 is 1.22 bits per heavy atom. The van der Waals surface area contributed by atoms with E-state index in [9.17, 15) is 0 Å². The van der Waals surface area contributed by atoms with Gasteiger partial charge in [0.25, 0.3) is 0 Å². The molecule has 0 aliphatic heterocycles. The molecule has 2 heteroatoms. The summed E-state index contributed by atoms with van der Waals surface area (Å²) in [7, 11) is 0. The molecule has 0 fully saturated rings. The van der Waals surface area contributed by atoms with Crippen LogP contribution in [0.25, 0.3) is 0 Å². The molecule has 0 aromatic heterocycles. The Hall–Kier alpha value is 0.573. The Balaban J connectivity index is 0.000000640. The smallest absolute Gasteiger partial charge is 0.107 e. The van der Waals surface area contributed by atoms with Crippen molar-refractivity contribution in [3.05, 3.63) is 29.8 Å². The van der Waals surface area contributed by atoms with Crippen LogP contribution >= 0.6 is 24.0 Å². The minimum Gasteiger partial charge on any atom is -0.107 e. The van der Waals surface area contributed by atoms with Crippen molar-refractivity contribution >= 4 is 28.1 Å². The molecule has 1 aromatic rings. The van der Waals surface area contributed by atoms with Gasteiger partial charge < -0.3 is 0 Å². The molecule has 0 amide bonds. The second-order valence-electron chi connectivity index (χ2n) is 1.93. The van der Waals surface area contributed by atoms with E-state index in [4.69, 9.17) is 0 Å². The van der Waals surface area contributed by atoms with Crippen LogP contribution in [-0.2, 0) is 18.3 Å². The number of aryl methyl sites for hydroxylation is 1. The maximum atomic E-state index is 2.18. The van der Waals surface area contributed by atoms with Gasteiger partial charge >= 0.3 is 59.2 Å². The molecule has 0 radical (unpaired) electrons. The fourth-order valence-corrected chi connectivity index (χ4v) is 1.14. The van der Waals surface area contributed by atoms with Gasteiger partial charge in [0.1, 0.15) is 0 Å². The van der Waals surface area contributed by atoms with Crippen molar-refractivity contribution in [2.45, 2.75) is 6.92 Å². The first-order chi connectivity index (χ1) is 3.80. The van der Waals surface area contributed by atoms with Gasteiger partial charge in [-0.1, -0.05) is 0 Å². The molecule has 0 saturated carbocycles. The summed E-state index contributed by atoms with van der Waals surface area (Å²) in [5, 5.41) is 0. The molecule has 0 nitrogen and oxygen atoms in total. The molecule has 0 unspecified atom stereocenters. The Morgan fingerprint density at radius 2 is 1.78 bits per heavy atom. The Labute approximate surface area is 82.7 Å². The van der Waals surface area contributed by atoms with Crippen molar-refractivity contribution in [1.29, 1.82) is 0 Å². The maximum absolute atomic E-state index is 2.18. The molecule has 45 valence electrons. The van der Waals surface area contributed by atoms with Crippen molar-refractivity contribution in [3.63, 3.8) is 0 Å². The van der Waals surface area contributed by atoms with Crippen molar-refractivity contribution in [2.75, 3.05) is 0 Å². The Bertz CT molecular complexity index is 165. The van der Waals surface area contributed by atoms with Gasteiger partial charge in [-0.05, 0) is 0 Å². The van der Waals surface area contributed by atoms with Gasteiger partial charge in [0.15, 0.2) is 0 Å². The van der Waals surface area contributed by atoms with Crippen LogP contribution in [0.4, 0.5) is 0 Å². The topological polar surface area (TPSA) is 0 Å². The van der Waals surface area contributed by atoms with E-state index in [1.807, 2.05) is 0 Å². The molecule has 0 saturated heterocycles. The number of benzene rings is 1. The zero-order valence-corrected chi connectivity index (χ0v) is 10.7. The van der Waals surface area contributed by atoms with Crippen LogP contribution in [0.5, 0.6) is 0 Å².